The van der Waals surface area contributed by atoms with Crippen molar-refractivity contribution in [3.63, 3.8) is 0 Å². The van der Waals surface area contributed by atoms with Gasteiger partial charge in [-0.2, -0.15) is 0 Å². The van der Waals surface area contributed by atoms with Gasteiger partial charge in [0.05, 0.1) is 0 Å². The number of anilines is 1. The Kier molecular flexibility index (Phi) is 2.40. The van der Waals surface area contributed by atoms with Gasteiger partial charge in [0, 0.05) is 24.3 Å². The Labute approximate surface area is 85.2 Å². The molecule has 0 aliphatic carbocycles. The van der Waals surface area contributed by atoms with Gasteiger partial charge in [-0.05, 0) is 33.6 Å². The summed E-state index contributed by atoms with van der Waals surface area (Å²) in [5, 5.41) is 0. The lowest BCUT2D eigenvalue weighted by atomic mass is 10.1. The van der Waals surface area contributed by atoms with Crippen molar-refractivity contribution in [3.05, 3.63) is 17.6 Å². The zero-order valence-electron chi connectivity index (χ0n) is 9.12. The average molecular weight is 191 g/mol. The van der Waals surface area contributed by atoms with Crippen molar-refractivity contribution in [1.29, 1.82) is 0 Å². The molecule has 2 rings (SSSR count). The van der Waals surface area contributed by atoms with Gasteiger partial charge in [-0.15, -0.1) is 0 Å². The van der Waals surface area contributed by atoms with Crippen molar-refractivity contribution < 1.29 is 0 Å². The Hall–Kier alpha value is -1.12. The van der Waals surface area contributed by atoms with Crippen LogP contribution in [-0.4, -0.2) is 22.6 Å². The van der Waals surface area contributed by atoms with E-state index in [1.54, 1.807) is 0 Å². The first kappa shape index (κ1) is 9.44. The molecule has 3 nitrogen and oxygen atoms in total. The number of aromatic nitrogens is 2. The van der Waals surface area contributed by atoms with Gasteiger partial charge < -0.3 is 4.90 Å². The van der Waals surface area contributed by atoms with Crippen LogP contribution in [0.2, 0.25) is 0 Å². The molecule has 1 aliphatic heterocycles. The maximum Gasteiger partial charge on any atom is 0.135 e. The van der Waals surface area contributed by atoms with E-state index in [9.17, 15) is 0 Å². The molecule has 1 aliphatic rings. The first-order chi connectivity index (χ1) is 6.68. The monoisotopic (exact) mass is 191 g/mol. The minimum absolute atomic E-state index is 0.531. The lowest BCUT2D eigenvalue weighted by molar-refractivity contribution is 0.611. The quantitative estimate of drug-likeness (QED) is 0.679. The number of rotatable bonds is 1. The Morgan fingerprint density at radius 3 is 2.93 bits per heavy atom. The summed E-state index contributed by atoms with van der Waals surface area (Å²) in [6.45, 7) is 7.51. The molecule has 0 spiro atoms. The highest BCUT2D eigenvalue weighted by Gasteiger charge is 2.20. The van der Waals surface area contributed by atoms with Gasteiger partial charge >= 0.3 is 0 Å². The van der Waals surface area contributed by atoms with Crippen molar-refractivity contribution in [2.24, 2.45) is 0 Å². The molecule has 0 saturated carbocycles. The second-order valence-corrected chi connectivity index (χ2v) is 4.16. The summed E-state index contributed by atoms with van der Waals surface area (Å²) in [5.41, 5.74) is 1.30. The summed E-state index contributed by atoms with van der Waals surface area (Å²) >= 11 is 0. The highest BCUT2D eigenvalue weighted by atomic mass is 15.2. The molecule has 14 heavy (non-hydrogen) atoms. The lowest BCUT2D eigenvalue weighted by Crippen LogP contribution is -2.36. The Bertz CT molecular complexity index is 333. The number of aryl methyl sites for hydroxylation is 2. The second kappa shape index (κ2) is 3.56. The molecule has 0 amide bonds. The zero-order valence-corrected chi connectivity index (χ0v) is 9.12. The van der Waals surface area contributed by atoms with E-state index in [1.165, 1.54) is 12.0 Å². The van der Waals surface area contributed by atoms with Crippen LogP contribution in [0.1, 0.15) is 31.7 Å². The van der Waals surface area contributed by atoms with Crippen LogP contribution in [0, 0.1) is 6.92 Å². The molecule has 0 fully saturated rings. The van der Waals surface area contributed by atoms with E-state index in [0.717, 1.165) is 24.6 Å². The van der Waals surface area contributed by atoms with Crippen molar-refractivity contribution in [2.75, 3.05) is 11.4 Å². The maximum absolute atomic E-state index is 4.53. The lowest BCUT2D eigenvalue weighted by Gasteiger charge is -2.33. The molecule has 3 heteroatoms. The van der Waals surface area contributed by atoms with Gasteiger partial charge in [0.25, 0.3) is 0 Å². The molecule has 0 aromatic carbocycles. The van der Waals surface area contributed by atoms with Crippen LogP contribution in [0.25, 0.3) is 0 Å². The molecular formula is C11H17N3. The molecule has 0 saturated heterocycles. The van der Waals surface area contributed by atoms with Gasteiger partial charge in [0.2, 0.25) is 0 Å². The molecular weight excluding hydrogens is 174 g/mol. The average Bonchev–Trinajstić information content (AvgIpc) is 2.16. The molecule has 1 aromatic heterocycles. The van der Waals surface area contributed by atoms with Crippen molar-refractivity contribution >= 4 is 5.82 Å². The maximum atomic E-state index is 4.53. The van der Waals surface area contributed by atoms with E-state index >= 15 is 0 Å². The van der Waals surface area contributed by atoms with Crippen molar-refractivity contribution in [1.82, 2.24) is 9.97 Å². The first-order valence-electron chi connectivity index (χ1n) is 5.27. The van der Waals surface area contributed by atoms with Crippen LogP contribution in [0.3, 0.4) is 0 Å². The molecule has 0 radical (unpaired) electrons. The summed E-state index contributed by atoms with van der Waals surface area (Å²) in [6.07, 6.45) is 4.32. The van der Waals surface area contributed by atoms with Gasteiger partial charge in [0.15, 0.2) is 0 Å². The molecule has 1 aromatic rings. The van der Waals surface area contributed by atoms with Crippen LogP contribution < -0.4 is 4.90 Å². The Balaban J connectivity index is 2.41. The largest absolute Gasteiger partial charge is 0.354 e. The van der Waals surface area contributed by atoms with Crippen molar-refractivity contribution in [2.45, 2.75) is 39.7 Å². The molecule has 2 heterocycles. The molecule has 0 atom stereocenters. The number of hydrogen-bond donors (Lipinski definition) is 0. The van der Waals surface area contributed by atoms with Crippen LogP contribution in [0.15, 0.2) is 6.20 Å². The first-order valence-corrected chi connectivity index (χ1v) is 5.27. The van der Waals surface area contributed by atoms with E-state index in [0.29, 0.717) is 6.04 Å². The summed E-state index contributed by atoms with van der Waals surface area (Å²) in [7, 11) is 0. The topological polar surface area (TPSA) is 29.0 Å². The molecule has 0 N–H and O–H groups in total. The zero-order chi connectivity index (χ0) is 10.1. The van der Waals surface area contributed by atoms with E-state index in [-0.39, 0.29) is 0 Å². The number of hydrogen-bond acceptors (Lipinski definition) is 3. The normalized spacial score (nSPS) is 15.9. The minimum atomic E-state index is 0.531. The third kappa shape index (κ3) is 1.59. The highest BCUT2D eigenvalue weighted by molar-refractivity contribution is 5.48. The van der Waals surface area contributed by atoms with Gasteiger partial charge in [0.1, 0.15) is 11.6 Å². The predicted molar refractivity (Wildman–Crippen MR) is 57.6 cm³/mol. The predicted octanol–water partition coefficient (Wildman–Crippen LogP) is 1.95. The van der Waals surface area contributed by atoms with Crippen LogP contribution in [0.5, 0.6) is 0 Å². The minimum Gasteiger partial charge on any atom is -0.354 e. The highest BCUT2D eigenvalue weighted by Crippen LogP contribution is 2.25. The Morgan fingerprint density at radius 2 is 2.21 bits per heavy atom. The summed E-state index contributed by atoms with van der Waals surface area (Å²) < 4.78 is 0. The summed E-state index contributed by atoms with van der Waals surface area (Å²) in [4.78, 5) is 11.1. The van der Waals surface area contributed by atoms with Crippen LogP contribution >= 0.6 is 0 Å². The summed E-state index contributed by atoms with van der Waals surface area (Å²) in [6, 6.07) is 0.531. The van der Waals surface area contributed by atoms with Crippen LogP contribution in [0.4, 0.5) is 5.82 Å². The van der Waals surface area contributed by atoms with Gasteiger partial charge in [-0.3, -0.25) is 0 Å². The van der Waals surface area contributed by atoms with E-state index < -0.39 is 0 Å². The fraction of sp³-hybridized carbons (Fsp3) is 0.636. The Morgan fingerprint density at radius 1 is 1.43 bits per heavy atom. The SMILES string of the molecule is Cc1ncc2c(n1)N(C(C)C)CCC2. The fourth-order valence-corrected chi connectivity index (χ4v) is 1.96. The van der Waals surface area contributed by atoms with Gasteiger partial charge in [-0.25, -0.2) is 9.97 Å². The third-order valence-corrected chi connectivity index (χ3v) is 2.70. The molecule has 0 unspecified atom stereocenters. The van der Waals surface area contributed by atoms with E-state index in [2.05, 4.69) is 28.7 Å². The standard InChI is InChI=1S/C11H17N3/c1-8(2)14-6-4-5-10-7-12-9(3)13-11(10)14/h7-8H,4-6H2,1-3H3. The van der Waals surface area contributed by atoms with Crippen molar-refractivity contribution in [3.8, 4) is 0 Å². The number of nitrogens with zero attached hydrogens (tertiary/aromatic N) is 3. The third-order valence-electron chi connectivity index (χ3n) is 2.70. The smallest absolute Gasteiger partial charge is 0.135 e. The molecule has 0 bridgehead atoms. The van der Waals surface area contributed by atoms with E-state index in [4.69, 9.17) is 0 Å². The number of fused-ring (bicyclic) bond motifs is 1. The van der Waals surface area contributed by atoms with E-state index in [1.807, 2.05) is 13.1 Å². The molecule has 76 valence electrons. The second-order valence-electron chi connectivity index (χ2n) is 4.16. The fourth-order valence-electron chi connectivity index (χ4n) is 1.96. The van der Waals surface area contributed by atoms with Crippen LogP contribution in [-0.2, 0) is 6.42 Å². The summed E-state index contributed by atoms with van der Waals surface area (Å²) in [5.74, 6) is 2.02. The van der Waals surface area contributed by atoms with Gasteiger partial charge in [-0.1, -0.05) is 0 Å².